The first-order valence-electron chi connectivity index (χ1n) is 8.28. The van der Waals surface area contributed by atoms with Gasteiger partial charge in [0.25, 0.3) is 0 Å². The van der Waals surface area contributed by atoms with Crippen molar-refractivity contribution in [3.63, 3.8) is 0 Å². The molecule has 0 bridgehead atoms. The monoisotopic (exact) mass is 351 g/mol. The second-order valence-electron chi connectivity index (χ2n) is 6.14. The minimum atomic E-state index is -1.04. The van der Waals surface area contributed by atoms with Crippen LogP contribution in [-0.4, -0.2) is 21.8 Å². The number of aromatic amines is 1. The normalized spacial score (nSPS) is 11.9. The van der Waals surface area contributed by atoms with Crippen LogP contribution in [-0.2, 0) is 11.2 Å². The SMILES string of the molecule is O=C(CC(Cc1ccc(F)cc1)C(=O)O)c1ccc(-c2ccccc2)[nH]1. The molecule has 1 unspecified atom stereocenters. The fourth-order valence-electron chi connectivity index (χ4n) is 2.83. The van der Waals surface area contributed by atoms with Gasteiger partial charge < -0.3 is 10.1 Å². The Morgan fingerprint density at radius 1 is 0.962 bits per heavy atom. The molecule has 0 radical (unpaired) electrons. The van der Waals surface area contributed by atoms with Gasteiger partial charge in [-0.25, -0.2) is 4.39 Å². The standard InChI is InChI=1S/C21H18FNO3/c22-17-8-6-14(7-9-17)12-16(21(25)26)13-20(24)19-11-10-18(23-19)15-4-2-1-3-5-15/h1-11,16,23H,12-13H2,(H,25,26). The van der Waals surface area contributed by atoms with Gasteiger partial charge in [-0.15, -0.1) is 0 Å². The average Bonchev–Trinajstić information content (AvgIpc) is 3.14. The molecule has 2 N–H and O–H groups in total. The highest BCUT2D eigenvalue weighted by atomic mass is 19.1. The number of halogens is 1. The Hall–Kier alpha value is -3.21. The minimum absolute atomic E-state index is 0.124. The summed E-state index contributed by atoms with van der Waals surface area (Å²) in [7, 11) is 0. The van der Waals surface area contributed by atoms with Crippen molar-refractivity contribution < 1.29 is 19.1 Å². The number of carbonyl (C=O) groups excluding carboxylic acids is 1. The molecule has 3 rings (SSSR count). The molecule has 1 aromatic heterocycles. The van der Waals surface area contributed by atoms with E-state index in [2.05, 4.69) is 4.98 Å². The lowest BCUT2D eigenvalue weighted by Gasteiger charge is -2.11. The molecule has 0 spiro atoms. The van der Waals surface area contributed by atoms with Crippen LogP contribution in [0, 0.1) is 11.7 Å². The molecule has 0 aliphatic rings. The molecule has 0 saturated heterocycles. The van der Waals surface area contributed by atoms with E-state index in [9.17, 15) is 19.1 Å². The van der Waals surface area contributed by atoms with Crippen molar-refractivity contribution >= 4 is 11.8 Å². The summed E-state index contributed by atoms with van der Waals surface area (Å²) in [5, 5.41) is 9.43. The van der Waals surface area contributed by atoms with Gasteiger partial charge in [0, 0.05) is 12.1 Å². The molecule has 0 saturated carbocycles. The zero-order valence-electron chi connectivity index (χ0n) is 14.0. The number of hydrogen-bond donors (Lipinski definition) is 2. The highest BCUT2D eigenvalue weighted by molar-refractivity contribution is 5.97. The fourth-order valence-corrected chi connectivity index (χ4v) is 2.83. The summed E-state index contributed by atoms with van der Waals surface area (Å²) < 4.78 is 13.0. The largest absolute Gasteiger partial charge is 0.481 e. The molecule has 132 valence electrons. The van der Waals surface area contributed by atoms with Crippen molar-refractivity contribution in [3.05, 3.63) is 83.8 Å². The second kappa shape index (κ2) is 7.78. The fraction of sp³-hybridized carbons (Fsp3) is 0.143. The molecule has 1 heterocycles. The van der Waals surface area contributed by atoms with Gasteiger partial charge in [0.1, 0.15) is 5.82 Å². The summed E-state index contributed by atoms with van der Waals surface area (Å²) in [4.78, 5) is 27.1. The predicted octanol–water partition coefficient (Wildman–Crippen LogP) is 4.34. The van der Waals surface area contributed by atoms with Crippen LogP contribution in [0.3, 0.4) is 0 Å². The van der Waals surface area contributed by atoms with Crippen LogP contribution in [0.4, 0.5) is 4.39 Å². The maximum absolute atomic E-state index is 13.0. The van der Waals surface area contributed by atoms with Crippen molar-refractivity contribution in [1.82, 2.24) is 4.98 Å². The summed E-state index contributed by atoms with van der Waals surface area (Å²) in [5.74, 6) is -2.55. The third-order valence-corrected chi connectivity index (χ3v) is 4.25. The predicted molar refractivity (Wildman–Crippen MR) is 96.4 cm³/mol. The van der Waals surface area contributed by atoms with Gasteiger partial charge in [-0.3, -0.25) is 9.59 Å². The maximum atomic E-state index is 13.0. The number of carboxylic acid groups (broad SMARTS) is 1. The molecule has 5 heteroatoms. The lowest BCUT2D eigenvalue weighted by atomic mass is 9.93. The first-order valence-corrected chi connectivity index (χ1v) is 8.28. The number of ketones is 1. The van der Waals surface area contributed by atoms with Crippen LogP contribution in [0.5, 0.6) is 0 Å². The lowest BCUT2D eigenvalue weighted by molar-refractivity contribution is -0.141. The minimum Gasteiger partial charge on any atom is -0.481 e. The molecular weight excluding hydrogens is 333 g/mol. The van der Waals surface area contributed by atoms with Crippen LogP contribution in [0.2, 0.25) is 0 Å². The van der Waals surface area contributed by atoms with E-state index in [4.69, 9.17) is 0 Å². The first-order chi connectivity index (χ1) is 12.5. The Balaban J connectivity index is 1.71. The molecule has 0 aliphatic heterocycles. The number of carbonyl (C=O) groups is 2. The van der Waals surface area contributed by atoms with E-state index < -0.39 is 11.9 Å². The molecule has 4 nitrogen and oxygen atoms in total. The molecule has 0 fully saturated rings. The summed E-state index contributed by atoms with van der Waals surface area (Å²) in [5.41, 5.74) is 2.82. The van der Waals surface area contributed by atoms with Crippen LogP contribution in [0.15, 0.2) is 66.7 Å². The Labute approximate surface area is 150 Å². The van der Waals surface area contributed by atoms with Gasteiger partial charge in [0.2, 0.25) is 0 Å². The number of rotatable bonds is 7. The Morgan fingerprint density at radius 3 is 2.31 bits per heavy atom. The average molecular weight is 351 g/mol. The van der Waals surface area contributed by atoms with Gasteiger partial charge >= 0.3 is 5.97 Å². The van der Waals surface area contributed by atoms with E-state index in [1.165, 1.54) is 24.3 Å². The number of Topliss-reactive ketones (excluding diaryl/α,β-unsaturated/α-hetero) is 1. The molecule has 0 amide bonds. The quantitative estimate of drug-likeness (QED) is 0.622. The van der Waals surface area contributed by atoms with Crippen LogP contribution < -0.4 is 0 Å². The van der Waals surface area contributed by atoms with Crippen LogP contribution in [0.25, 0.3) is 11.3 Å². The van der Waals surface area contributed by atoms with Gasteiger partial charge in [0.05, 0.1) is 11.6 Å². The van der Waals surface area contributed by atoms with Crippen molar-refractivity contribution in [2.45, 2.75) is 12.8 Å². The Kier molecular flexibility index (Phi) is 5.27. The maximum Gasteiger partial charge on any atom is 0.307 e. The number of aliphatic carboxylic acids is 1. The van der Waals surface area contributed by atoms with E-state index >= 15 is 0 Å². The van der Waals surface area contributed by atoms with Crippen molar-refractivity contribution in [2.24, 2.45) is 5.92 Å². The van der Waals surface area contributed by atoms with E-state index in [1.807, 2.05) is 30.3 Å². The first kappa shape index (κ1) is 17.6. The summed E-state index contributed by atoms with van der Waals surface area (Å²) in [6.07, 6.45) is 0.0507. The number of H-pyrrole nitrogens is 1. The zero-order valence-corrected chi connectivity index (χ0v) is 14.0. The third-order valence-electron chi connectivity index (χ3n) is 4.25. The van der Waals surface area contributed by atoms with Crippen molar-refractivity contribution in [3.8, 4) is 11.3 Å². The molecule has 3 aromatic rings. The van der Waals surface area contributed by atoms with Crippen molar-refractivity contribution in [2.75, 3.05) is 0 Å². The third kappa shape index (κ3) is 4.25. The Bertz CT molecular complexity index is 901. The molecule has 2 aromatic carbocycles. The van der Waals surface area contributed by atoms with E-state index in [1.54, 1.807) is 12.1 Å². The van der Waals surface area contributed by atoms with E-state index in [0.29, 0.717) is 11.3 Å². The van der Waals surface area contributed by atoms with Gasteiger partial charge in [0.15, 0.2) is 5.78 Å². The summed E-state index contributed by atoms with van der Waals surface area (Å²) in [6.45, 7) is 0. The number of aromatic nitrogens is 1. The second-order valence-corrected chi connectivity index (χ2v) is 6.14. The molecule has 26 heavy (non-hydrogen) atoms. The van der Waals surface area contributed by atoms with Crippen molar-refractivity contribution in [1.29, 1.82) is 0 Å². The number of carboxylic acids is 1. The Morgan fingerprint density at radius 2 is 1.65 bits per heavy atom. The zero-order chi connectivity index (χ0) is 18.5. The number of nitrogens with one attached hydrogen (secondary N) is 1. The topological polar surface area (TPSA) is 70.2 Å². The van der Waals surface area contributed by atoms with E-state index in [0.717, 1.165) is 11.3 Å². The number of benzene rings is 2. The highest BCUT2D eigenvalue weighted by Crippen LogP contribution is 2.21. The summed E-state index contributed by atoms with van der Waals surface area (Å²) in [6, 6.07) is 18.7. The lowest BCUT2D eigenvalue weighted by Crippen LogP contribution is -2.20. The van der Waals surface area contributed by atoms with Crippen LogP contribution >= 0.6 is 0 Å². The molecular formula is C21H18FNO3. The molecule has 1 atom stereocenters. The summed E-state index contributed by atoms with van der Waals surface area (Å²) >= 11 is 0. The smallest absolute Gasteiger partial charge is 0.307 e. The van der Waals surface area contributed by atoms with Crippen LogP contribution in [0.1, 0.15) is 22.5 Å². The number of hydrogen-bond acceptors (Lipinski definition) is 2. The molecule has 0 aliphatic carbocycles. The van der Waals surface area contributed by atoms with E-state index in [-0.39, 0.29) is 24.4 Å². The van der Waals surface area contributed by atoms with Gasteiger partial charge in [-0.1, -0.05) is 42.5 Å². The van der Waals surface area contributed by atoms with Gasteiger partial charge in [-0.2, -0.15) is 0 Å². The van der Waals surface area contributed by atoms with Gasteiger partial charge in [-0.05, 0) is 41.8 Å². The highest BCUT2D eigenvalue weighted by Gasteiger charge is 2.23.